The molecule has 0 saturated heterocycles. The van der Waals surface area contributed by atoms with Crippen molar-refractivity contribution in [2.75, 3.05) is 27.3 Å². The molecule has 2 aromatic heterocycles. The summed E-state index contributed by atoms with van der Waals surface area (Å²) in [4.78, 5) is 11.4. The van der Waals surface area contributed by atoms with Gasteiger partial charge in [0.25, 0.3) is 0 Å². The molecule has 5 rings (SSSR count). The quantitative estimate of drug-likeness (QED) is 0.530. The molecule has 31 heavy (non-hydrogen) atoms. The van der Waals surface area contributed by atoms with E-state index in [1.165, 1.54) is 0 Å². The van der Waals surface area contributed by atoms with Crippen LogP contribution in [-0.4, -0.2) is 52.7 Å². The van der Waals surface area contributed by atoms with Gasteiger partial charge in [-0.05, 0) is 12.1 Å². The smallest absolute Gasteiger partial charge is 0.162 e. The van der Waals surface area contributed by atoms with E-state index >= 15 is 0 Å². The van der Waals surface area contributed by atoms with E-state index in [1.807, 2.05) is 29.1 Å². The van der Waals surface area contributed by atoms with Crippen molar-refractivity contribution in [2.45, 2.75) is 19.5 Å². The van der Waals surface area contributed by atoms with E-state index in [9.17, 15) is 0 Å². The monoisotopic (exact) mass is 457 g/mol. The molecule has 0 N–H and O–H groups in total. The molecule has 0 atom stereocenters. The van der Waals surface area contributed by atoms with Gasteiger partial charge in [0.15, 0.2) is 17.3 Å². The average molecular weight is 458 g/mol. The predicted molar refractivity (Wildman–Crippen MR) is 121 cm³/mol. The number of rotatable bonds is 5. The molecule has 0 spiro atoms. The van der Waals surface area contributed by atoms with Crippen LogP contribution in [0.2, 0.25) is 10.2 Å². The molecule has 0 radical (unpaired) electrons. The normalized spacial score (nSPS) is 15.4. The Kier molecular flexibility index (Phi) is 5.33. The largest absolute Gasteiger partial charge is 0.493 e. The fraction of sp³-hybridized carbons (Fsp3) is 0.318. The van der Waals surface area contributed by atoms with Gasteiger partial charge >= 0.3 is 0 Å². The molecule has 4 heterocycles. The van der Waals surface area contributed by atoms with E-state index in [0.717, 1.165) is 66.5 Å². The van der Waals surface area contributed by atoms with Crippen molar-refractivity contribution in [3.05, 3.63) is 51.9 Å². The standard InChI is InChI=1S/C22H21Cl2N5O2/c1-30-19-8-15(17(23)9-20(19)31-2)16-10-25-29-6-5-28(12-18(16)29)11-14-7-13-3-4-21(24)27-22(13)26-14/h3-4,8-10H,5-7,11-12H2,1-2H3. The van der Waals surface area contributed by atoms with Gasteiger partial charge in [0, 0.05) is 54.5 Å². The molecular weight excluding hydrogens is 437 g/mol. The van der Waals surface area contributed by atoms with Gasteiger partial charge in [-0.25, -0.2) is 9.98 Å². The van der Waals surface area contributed by atoms with Gasteiger partial charge in [0.2, 0.25) is 0 Å². The summed E-state index contributed by atoms with van der Waals surface area (Å²) in [7, 11) is 3.22. The third-order valence-electron chi connectivity index (χ3n) is 5.70. The van der Waals surface area contributed by atoms with E-state index in [-0.39, 0.29) is 0 Å². The molecule has 1 aromatic carbocycles. The number of aliphatic imine (C=N–C) groups is 1. The molecule has 3 aromatic rings. The summed E-state index contributed by atoms with van der Waals surface area (Å²) in [6.07, 6.45) is 2.68. The molecule has 7 nitrogen and oxygen atoms in total. The van der Waals surface area contributed by atoms with Gasteiger partial charge in [0.1, 0.15) is 5.15 Å². The van der Waals surface area contributed by atoms with Crippen molar-refractivity contribution in [3.63, 3.8) is 0 Å². The van der Waals surface area contributed by atoms with Gasteiger partial charge < -0.3 is 9.47 Å². The number of hydrogen-bond acceptors (Lipinski definition) is 6. The van der Waals surface area contributed by atoms with Crippen molar-refractivity contribution < 1.29 is 9.47 Å². The second-order valence-electron chi connectivity index (χ2n) is 7.60. The van der Waals surface area contributed by atoms with Crippen LogP contribution in [0.5, 0.6) is 11.5 Å². The average Bonchev–Trinajstić information content (AvgIpc) is 3.36. The summed E-state index contributed by atoms with van der Waals surface area (Å²) in [6, 6.07) is 7.51. The number of methoxy groups -OCH3 is 2. The lowest BCUT2D eigenvalue weighted by Crippen LogP contribution is -2.37. The summed E-state index contributed by atoms with van der Waals surface area (Å²) < 4.78 is 12.9. The fourth-order valence-electron chi connectivity index (χ4n) is 4.17. The highest BCUT2D eigenvalue weighted by Gasteiger charge is 2.25. The predicted octanol–water partition coefficient (Wildman–Crippen LogP) is 4.41. The van der Waals surface area contributed by atoms with Gasteiger partial charge in [-0.1, -0.05) is 29.3 Å². The van der Waals surface area contributed by atoms with Gasteiger partial charge in [-0.3, -0.25) is 9.58 Å². The Morgan fingerprint density at radius 2 is 1.84 bits per heavy atom. The molecule has 0 aliphatic carbocycles. The number of ether oxygens (including phenoxy) is 2. The summed E-state index contributed by atoms with van der Waals surface area (Å²) >= 11 is 12.6. The van der Waals surface area contributed by atoms with E-state index in [0.29, 0.717) is 21.7 Å². The highest BCUT2D eigenvalue weighted by atomic mass is 35.5. The van der Waals surface area contributed by atoms with Gasteiger partial charge in [-0.15, -0.1) is 0 Å². The van der Waals surface area contributed by atoms with Crippen LogP contribution in [0.15, 0.2) is 35.5 Å². The molecule has 0 bridgehead atoms. The number of pyridine rings is 1. The Bertz CT molecular complexity index is 1190. The molecular formula is C22H21Cl2N5O2. The lowest BCUT2D eigenvalue weighted by Gasteiger charge is -2.28. The number of nitrogens with zero attached hydrogens (tertiary/aromatic N) is 5. The van der Waals surface area contributed by atoms with Crippen LogP contribution in [0.4, 0.5) is 5.82 Å². The van der Waals surface area contributed by atoms with Crippen molar-refractivity contribution in [2.24, 2.45) is 4.99 Å². The molecule has 2 aliphatic heterocycles. The highest BCUT2D eigenvalue weighted by Crippen LogP contribution is 2.40. The Balaban J connectivity index is 1.39. The SMILES string of the molecule is COc1cc(Cl)c(-c2cnn3c2CN(CC2=Nc4nc(Cl)ccc4C2)CC3)cc1OC. The number of benzene rings is 1. The van der Waals surface area contributed by atoms with Crippen molar-refractivity contribution in [1.29, 1.82) is 0 Å². The first kappa shape index (κ1) is 20.3. The molecule has 0 saturated carbocycles. The van der Waals surface area contributed by atoms with Crippen LogP contribution in [0.1, 0.15) is 11.3 Å². The summed E-state index contributed by atoms with van der Waals surface area (Å²) in [6.45, 7) is 3.24. The lowest BCUT2D eigenvalue weighted by molar-refractivity contribution is 0.241. The van der Waals surface area contributed by atoms with Crippen LogP contribution in [0.3, 0.4) is 0 Å². The maximum Gasteiger partial charge on any atom is 0.162 e. The summed E-state index contributed by atoms with van der Waals surface area (Å²) in [5.41, 5.74) is 5.23. The first-order valence-electron chi connectivity index (χ1n) is 9.96. The third-order valence-corrected chi connectivity index (χ3v) is 6.22. The molecule has 0 amide bonds. The highest BCUT2D eigenvalue weighted by molar-refractivity contribution is 6.33. The maximum atomic E-state index is 6.59. The van der Waals surface area contributed by atoms with E-state index in [1.54, 1.807) is 20.3 Å². The van der Waals surface area contributed by atoms with Crippen LogP contribution < -0.4 is 9.47 Å². The van der Waals surface area contributed by atoms with E-state index in [4.69, 9.17) is 37.7 Å². The van der Waals surface area contributed by atoms with E-state index < -0.39 is 0 Å². The Morgan fingerprint density at radius 3 is 2.65 bits per heavy atom. The first-order valence-corrected chi connectivity index (χ1v) is 10.7. The molecule has 0 fully saturated rings. The van der Waals surface area contributed by atoms with Gasteiger partial charge in [-0.2, -0.15) is 5.10 Å². The lowest BCUT2D eigenvalue weighted by atomic mass is 10.0. The van der Waals surface area contributed by atoms with Crippen LogP contribution in [-0.2, 0) is 19.5 Å². The van der Waals surface area contributed by atoms with E-state index in [2.05, 4.69) is 15.0 Å². The minimum absolute atomic E-state index is 0.474. The minimum Gasteiger partial charge on any atom is -0.493 e. The Labute approximate surface area is 190 Å². The van der Waals surface area contributed by atoms with Crippen LogP contribution >= 0.6 is 23.2 Å². The molecule has 2 aliphatic rings. The zero-order chi connectivity index (χ0) is 21.5. The first-order chi connectivity index (χ1) is 15.1. The molecule has 160 valence electrons. The third kappa shape index (κ3) is 3.78. The van der Waals surface area contributed by atoms with Crippen LogP contribution in [0.25, 0.3) is 11.1 Å². The number of hydrogen-bond donors (Lipinski definition) is 0. The summed E-state index contributed by atoms with van der Waals surface area (Å²) in [5.74, 6) is 1.98. The second-order valence-corrected chi connectivity index (χ2v) is 8.39. The van der Waals surface area contributed by atoms with Gasteiger partial charge in [0.05, 0.1) is 37.7 Å². The van der Waals surface area contributed by atoms with Crippen LogP contribution in [0, 0.1) is 0 Å². The van der Waals surface area contributed by atoms with Crippen molar-refractivity contribution >= 4 is 34.7 Å². The second kappa shape index (κ2) is 8.15. The molecule has 9 heteroatoms. The number of aromatic nitrogens is 3. The number of fused-ring (bicyclic) bond motifs is 2. The number of halogens is 2. The Hall–Kier alpha value is -2.61. The minimum atomic E-state index is 0.474. The zero-order valence-electron chi connectivity index (χ0n) is 17.2. The van der Waals surface area contributed by atoms with Crippen molar-refractivity contribution in [1.82, 2.24) is 19.7 Å². The molecule has 0 unspecified atom stereocenters. The van der Waals surface area contributed by atoms with Crippen molar-refractivity contribution in [3.8, 4) is 22.6 Å². The fourth-order valence-corrected chi connectivity index (χ4v) is 4.56. The summed E-state index contributed by atoms with van der Waals surface area (Å²) in [5, 5.41) is 5.66. The zero-order valence-corrected chi connectivity index (χ0v) is 18.7. The Morgan fingerprint density at radius 1 is 1.03 bits per heavy atom. The maximum absolute atomic E-state index is 6.59. The topological polar surface area (TPSA) is 64.8 Å².